The predicted octanol–water partition coefficient (Wildman–Crippen LogP) is 3.96. The van der Waals surface area contributed by atoms with Crippen LogP contribution < -0.4 is 5.32 Å². The number of hydrogen-bond donors (Lipinski definition) is 2. The minimum Gasteiger partial charge on any atom is -0.385 e. The first-order chi connectivity index (χ1) is 12.9. The molecule has 5 nitrogen and oxygen atoms in total. The number of aromatic nitrogens is 1. The molecular weight excluding hydrogens is 338 g/mol. The van der Waals surface area contributed by atoms with Crippen LogP contribution in [0.2, 0.25) is 0 Å². The van der Waals surface area contributed by atoms with Crippen molar-refractivity contribution in [3.05, 3.63) is 65.5 Å². The largest absolute Gasteiger partial charge is 0.385 e. The van der Waals surface area contributed by atoms with Crippen LogP contribution in [0.3, 0.4) is 0 Å². The van der Waals surface area contributed by atoms with E-state index in [-0.39, 0.29) is 12.1 Å². The number of hydrogen-bond acceptors (Lipinski definition) is 3. The van der Waals surface area contributed by atoms with Gasteiger partial charge in [0, 0.05) is 31.0 Å². The Balaban J connectivity index is 1.56. The first-order valence-corrected chi connectivity index (χ1v) is 9.67. The Kier molecular flexibility index (Phi) is 5.80. The number of carbonyl (C=O) groups excluding carboxylic acids is 1. The van der Waals surface area contributed by atoms with Crippen LogP contribution in [0.5, 0.6) is 0 Å². The molecule has 2 amide bonds. The Morgan fingerprint density at radius 2 is 1.74 bits per heavy atom. The monoisotopic (exact) mass is 367 g/mol. The van der Waals surface area contributed by atoms with Crippen LogP contribution in [0.4, 0.5) is 4.79 Å². The first kappa shape index (κ1) is 19.4. The number of nitrogens with zero attached hydrogens (tertiary/aromatic N) is 2. The van der Waals surface area contributed by atoms with E-state index < -0.39 is 5.60 Å². The van der Waals surface area contributed by atoms with Gasteiger partial charge in [-0.3, -0.25) is 4.98 Å². The third kappa shape index (κ3) is 4.48. The van der Waals surface area contributed by atoms with Crippen molar-refractivity contribution in [3.63, 3.8) is 0 Å². The smallest absolute Gasteiger partial charge is 0.317 e. The number of urea groups is 1. The van der Waals surface area contributed by atoms with Crippen molar-refractivity contribution in [1.29, 1.82) is 0 Å². The molecule has 1 unspecified atom stereocenters. The molecule has 1 fully saturated rings. The molecule has 5 heteroatoms. The average Bonchev–Trinajstić information content (AvgIpc) is 2.69. The summed E-state index contributed by atoms with van der Waals surface area (Å²) in [6.07, 6.45) is 4.44. The lowest BCUT2D eigenvalue weighted by Crippen LogP contribution is -2.49. The third-order valence-corrected chi connectivity index (χ3v) is 5.52. The zero-order chi connectivity index (χ0) is 19.4. The molecule has 2 heterocycles. The summed E-state index contributed by atoms with van der Waals surface area (Å²) < 4.78 is 0. The topological polar surface area (TPSA) is 65.5 Å². The lowest BCUT2D eigenvalue weighted by molar-refractivity contribution is -0.0172. The highest BCUT2D eigenvalue weighted by atomic mass is 16.3. The van der Waals surface area contributed by atoms with E-state index in [2.05, 4.69) is 48.4 Å². The molecule has 1 aliphatic rings. The molecule has 2 aromatic rings. The normalized spacial score (nSPS) is 17.6. The van der Waals surface area contributed by atoms with Gasteiger partial charge in [0.2, 0.25) is 0 Å². The zero-order valence-corrected chi connectivity index (χ0v) is 16.4. The fraction of sp³-hybridized carbons (Fsp3) is 0.455. The van der Waals surface area contributed by atoms with Crippen LogP contribution in [0.15, 0.2) is 48.8 Å². The van der Waals surface area contributed by atoms with Gasteiger partial charge in [-0.05, 0) is 42.9 Å². The highest BCUT2D eigenvalue weighted by Crippen LogP contribution is 2.32. The van der Waals surface area contributed by atoms with E-state index >= 15 is 0 Å². The van der Waals surface area contributed by atoms with Crippen LogP contribution in [-0.4, -0.2) is 34.1 Å². The fourth-order valence-electron chi connectivity index (χ4n) is 3.54. The molecule has 1 aliphatic heterocycles. The van der Waals surface area contributed by atoms with Crippen molar-refractivity contribution in [3.8, 4) is 0 Å². The number of benzene rings is 1. The second-order valence-electron chi connectivity index (χ2n) is 7.75. The molecule has 3 rings (SSSR count). The Morgan fingerprint density at radius 3 is 2.30 bits per heavy atom. The van der Waals surface area contributed by atoms with E-state index in [1.165, 1.54) is 5.56 Å². The van der Waals surface area contributed by atoms with E-state index in [0.29, 0.717) is 31.8 Å². The number of likely N-dealkylation sites (tertiary alicyclic amines) is 1. The van der Waals surface area contributed by atoms with Gasteiger partial charge >= 0.3 is 6.03 Å². The summed E-state index contributed by atoms with van der Waals surface area (Å²) in [4.78, 5) is 18.5. The molecule has 0 aliphatic carbocycles. The molecule has 27 heavy (non-hydrogen) atoms. The van der Waals surface area contributed by atoms with Gasteiger partial charge in [-0.2, -0.15) is 0 Å². The standard InChI is InChI=1S/C22H29N3O2/c1-16(2)18-6-8-19(9-7-18)17(3)24-21(26)25-13-10-22(27,11-14-25)20-5-4-12-23-15-20/h4-9,12,15-17,27H,10-11,13-14H2,1-3H3,(H,24,26). The average molecular weight is 367 g/mol. The molecule has 0 bridgehead atoms. The number of amides is 2. The first-order valence-electron chi connectivity index (χ1n) is 9.67. The van der Waals surface area contributed by atoms with Gasteiger partial charge in [-0.25, -0.2) is 4.79 Å². The summed E-state index contributed by atoms with van der Waals surface area (Å²) in [7, 11) is 0. The van der Waals surface area contributed by atoms with Gasteiger partial charge in [0.15, 0.2) is 0 Å². The van der Waals surface area contributed by atoms with Crippen molar-refractivity contribution < 1.29 is 9.90 Å². The van der Waals surface area contributed by atoms with Crippen LogP contribution >= 0.6 is 0 Å². The molecule has 2 N–H and O–H groups in total. The summed E-state index contributed by atoms with van der Waals surface area (Å²) in [6.45, 7) is 7.39. The van der Waals surface area contributed by atoms with E-state index in [0.717, 1.165) is 11.1 Å². The van der Waals surface area contributed by atoms with Crippen LogP contribution in [0, 0.1) is 0 Å². The minimum absolute atomic E-state index is 0.0576. The molecule has 1 aromatic carbocycles. The molecule has 0 saturated carbocycles. The highest BCUT2D eigenvalue weighted by molar-refractivity contribution is 5.74. The predicted molar refractivity (Wildman–Crippen MR) is 106 cm³/mol. The van der Waals surface area contributed by atoms with E-state index in [1.807, 2.05) is 19.1 Å². The SMILES string of the molecule is CC(C)c1ccc(C(C)NC(=O)N2CCC(O)(c3cccnc3)CC2)cc1. The van der Waals surface area contributed by atoms with Crippen LogP contribution in [0.25, 0.3) is 0 Å². The number of carbonyl (C=O) groups is 1. The van der Waals surface area contributed by atoms with Crippen molar-refractivity contribution in [2.45, 2.75) is 51.2 Å². The number of pyridine rings is 1. The molecule has 0 spiro atoms. The lowest BCUT2D eigenvalue weighted by atomic mass is 9.85. The maximum absolute atomic E-state index is 12.6. The molecule has 144 valence electrons. The summed E-state index contributed by atoms with van der Waals surface area (Å²) in [6, 6.07) is 12.0. The van der Waals surface area contributed by atoms with Crippen LogP contribution in [0.1, 0.15) is 62.3 Å². The number of rotatable bonds is 4. The van der Waals surface area contributed by atoms with Gasteiger partial charge < -0.3 is 15.3 Å². The Labute approximate surface area is 161 Å². The van der Waals surface area contributed by atoms with E-state index in [4.69, 9.17) is 0 Å². The summed E-state index contributed by atoms with van der Waals surface area (Å²) in [5, 5.41) is 13.9. The summed E-state index contributed by atoms with van der Waals surface area (Å²) in [5.74, 6) is 0.496. The van der Waals surface area contributed by atoms with Crippen molar-refractivity contribution in [2.24, 2.45) is 0 Å². The summed E-state index contributed by atoms with van der Waals surface area (Å²) in [5.41, 5.74) is 2.31. The third-order valence-electron chi connectivity index (χ3n) is 5.52. The van der Waals surface area contributed by atoms with Crippen molar-refractivity contribution >= 4 is 6.03 Å². The van der Waals surface area contributed by atoms with Crippen molar-refractivity contribution in [1.82, 2.24) is 15.2 Å². The Hall–Kier alpha value is -2.40. The molecule has 1 aromatic heterocycles. The van der Waals surface area contributed by atoms with E-state index in [9.17, 15) is 9.90 Å². The zero-order valence-electron chi connectivity index (χ0n) is 16.4. The van der Waals surface area contributed by atoms with Gasteiger partial charge in [0.1, 0.15) is 0 Å². The van der Waals surface area contributed by atoms with Gasteiger partial charge in [-0.1, -0.05) is 44.2 Å². The Morgan fingerprint density at radius 1 is 1.11 bits per heavy atom. The molecule has 0 radical (unpaired) electrons. The maximum atomic E-state index is 12.6. The van der Waals surface area contributed by atoms with Gasteiger partial charge in [0.25, 0.3) is 0 Å². The number of nitrogens with one attached hydrogen (secondary N) is 1. The molecule has 1 saturated heterocycles. The summed E-state index contributed by atoms with van der Waals surface area (Å²) >= 11 is 0. The van der Waals surface area contributed by atoms with Gasteiger partial charge in [0.05, 0.1) is 11.6 Å². The number of piperidine rings is 1. The maximum Gasteiger partial charge on any atom is 0.317 e. The van der Waals surface area contributed by atoms with Crippen LogP contribution in [-0.2, 0) is 5.60 Å². The molecular formula is C22H29N3O2. The quantitative estimate of drug-likeness (QED) is 0.860. The van der Waals surface area contributed by atoms with E-state index in [1.54, 1.807) is 17.3 Å². The Bertz CT molecular complexity index is 751. The minimum atomic E-state index is -0.899. The second-order valence-corrected chi connectivity index (χ2v) is 7.75. The second kappa shape index (κ2) is 8.09. The van der Waals surface area contributed by atoms with Gasteiger partial charge in [-0.15, -0.1) is 0 Å². The molecule has 1 atom stereocenters. The highest BCUT2D eigenvalue weighted by Gasteiger charge is 2.35. The lowest BCUT2D eigenvalue weighted by Gasteiger charge is -2.38. The fourth-order valence-corrected chi connectivity index (χ4v) is 3.54. The number of aliphatic hydroxyl groups is 1. The van der Waals surface area contributed by atoms with Crippen molar-refractivity contribution in [2.75, 3.05) is 13.1 Å².